The minimum atomic E-state index is 0.121. The summed E-state index contributed by atoms with van der Waals surface area (Å²) < 4.78 is 16.6. The minimum Gasteiger partial charge on any atom is -0.486 e. The average molecular weight is 320 g/mol. The number of ether oxygens (including phenoxy) is 3. The molecule has 0 unspecified atom stereocenters. The van der Waals surface area contributed by atoms with Crippen LogP contribution in [0.25, 0.3) is 0 Å². The van der Waals surface area contributed by atoms with E-state index in [4.69, 9.17) is 14.2 Å². The summed E-state index contributed by atoms with van der Waals surface area (Å²) in [5, 5.41) is 0. The van der Waals surface area contributed by atoms with Crippen LogP contribution in [0, 0.1) is 0 Å². The van der Waals surface area contributed by atoms with Gasteiger partial charge in [-0.1, -0.05) is 6.07 Å². The van der Waals surface area contributed by atoms with Crippen molar-refractivity contribution >= 4 is 5.91 Å². The molecule has 3 rings (SSSR count). The van der Waals surface area contributed by atoms with Crippen LogP contribution in [0.3, 0.4) is 0 Å². The molecular formula is C17H24N2O4. The first-order chi connectivity index (χ1) is 11.1. The second-order valence-electron chi connectivity index (χ2n) is 6.17. The quantitative estimate of drug-likeness (QED) is 0.833. The molecule has 6 heteroatoms. The van der Waals surface area contributed by atoms with Gasteiger partial charge >= 0.3 is 0 Å². The molecule has 0 bridgehead atoms. The van der Waals surface area contributed by atoms with Gasteiger partial charge in [0.2, 0.25) is 5.91 Å². The Hall–Kier alpha value is -1.79. The highest BCUT2D eigenvalue weighted by Crippen LogP contribution is 2.31. The standard InChI is InChI=1S/C17H24N2O4/c1-13-10-19(5-6-21-13)17(20)12-18(2)11-14-3-4-15-16(9-14)23-8-7-22-15/h3-4,9,13H,5-8,10-12H2,1-2H3/t13-/m0/s1. The molecule has 1 fully saturated rings. The van der Waals surface area contributed by atoms with Crippen LogP contribution >= 0.6 is 0 Å². The zero-order valence-corrected chi connectivity index (χ0v) is 13.8. The predicted octanol–water partition coefficient (Wildman–Crippen LogP) is 1.14. The van der Waals surface area contributed by atoms with Crippen molar-refractivity contribution in [1.82, 2.24) is 9.80 Å². The fraction of sp³-hybridized carbons (Fsp3) is 0.588. The lowest BCUT2D eigenvalue weighted by molar-refractivity contribution is -0.139. The van der Waals surface area contributed by atoms with Gasteiger partial charge in [-0.3, -0.25) is 9.69 Å². The number of carbonyl (C=O) groups is 1. The molecule has 2 aliphatic heterocycles. The van der Waals surface area contributed by atoms with Crippen molar-refractivity contribution < 1.29 is 19.0 Å². The Kier molecular flexibility index (Phi) is 5.03. The molecule has 1 aromatic rings. The lowest BCUT2D eigenvalue weighted by Crippen LogP contribution is -2.47. The maximum absolute atomic E-state index is 12.4. The molecule has 0 radical (unpaired) electrons. The maximum Gasteiger partial charge on any atom is 0.236 e. The number of nitrogens with zero attached hydrogens (tertiary/aromatic N) is 2. The number of benzene rings is 1. The molecule has 23 heavy (non-hydrogen) atoms. The van der Waals surface area contributed by atoms with Crippen molar-refractivity contribution in [1.29, 1.82) is 0 Å². The van der Waals surface area contributed by atoms with E-state index in [2.05, 4.69) is 0 Å². The van der Waals surface area contributed by atoms with E-state index < -0.39 is 0 Å². The Bertz CT molecular complexity index is 564. The summed E-state index contributed by atoms with van der Waals surface area (Å²) in [7, 11) is 1.96. The lowest BCUT2D eigenvalue weighted by Gasteiger charge is -2.32. The number of morpholine rings is 1. The summed E-state index contributed by atoms with van der Waals surface area (Å²) in [5.41, 5.74) is 1.11. The monoisotopic (exact) mass is 320 g/mol. The third-order valence-corrected chi connectivity index (χ3v) is 4.06. The molecule has 1 amide bonds. The summed E-state index contributed by atoms with van der Waals surface area (Å²) in [5.74, 6) is 1.73. The third-order valence-electron chi connectivity index (χ3n) is 4.06. The second-order valence-corrected chi connectivity index (χ2v) is 6.17. The number of amides is 1. The van der Waals surface area contributed by atoms with Crippen LogP contribution in [-0.2, 0) is 16.1 Å². The van der Waals surface area contributed by atoms with Crippen LogP contribution in [0.4, 0.5) is 0 Å². The normalized spacial score (nSPS) is 20.7. The van der Waals surface area contributed by atoms with E-state index in [1.807, 2.05) is 42.0 Å². The number of rotatable bonds is 4. The summed E-state index contributed by atoms with van der Waals surface area (Å²) in [6.45, 7) is 6.26. The first-order valence-corrected chi connectivity index (χ1v) is 8.08. The molecule has 0 spiro atoms. The Balaban J connectivity index is 1.54. The predicted molar refractivity (Wildman–Crippen MR) is 85.8 cm³/mol. The topological polar surface area (TPSA) is 51.2 Å². The zero-order chi connectivity index (χ0) is 16.2. The number of hydrogen-bond acceptors (Lipinski definition) is 5. The minimum absolute atomic E-state index is 0.121. The molecule has 0 saturated carbocycles. The van der Waals surface area contributed by atoms with E-state index in [0.717, 1.165) is 17.1 Å². The van der Waals surface area contributed by atoms with Crippen molar-refractivity contribution in [3.05, 3.63) is 23.8 Å². The Morgan fingerprint density at radius 1 is 1.26 bits per heavy atom. The zero-order valence-electron chi connectivity index (χ0n) is 13.8. The van der Waals surface area contributed by atoms with Gasteiger partial charge < -0.3 is 19.1 Å². The number of hydrogen-bond donors (Lipinski definition) is 0. The molecule has 0 aromatic heterocycles. The van der Waals surface area contributed by atoms with Gasteiger partial charge in [0.1, 0.15) is 13.2 Å². The highest BCUT2D eigenvalue weighted by molar-refractivity contribution is 5.78. The van der Waals surface area contributed by atoms with Gasteiger partial charge in [0.05, 0.1) is 19.3 Å². The molecule has 1 atom stereocenters. The summed E-state index contributed by atoms with van der Waals surface area (Å²) in [6, 6.07) is 5.95. The van der Waals surface area contributed by atoms with Gasteiger partial charge in [-0.05, 0) is 31.7 Å². The van der Waals surface area contributed by atoms with Gasteiger partial charge in [0, 0.05) is 19.6 Å². The van der Waals surface area contributed by atoms with Crippen LogP contribution < -0.4 is 9.47 Å². The highest BCUT2D eigenvalue weighted by atomic mass is 16.6. The number of carbonyl (C=O) groups excluding carboxylic acids is 1. The maximum atomic E-state index is 12.4. The van der Waals surface area contributed by atoms with Crippen LogP contribution in [-0.4, -0.2) is 68.3 Å². The molecule has 0 aliphatic carbocycles. The molecule has 2 heterocycles. The van der Waals surface area contributed by atoms with Gasteiger partial charge in [-0.2, -0.15) is 0 Å². The molecular weight excluding hydrogens is 296 g/mol. The third kappa shape index (κ3) is 4.14. The van der Waals surface area contributed by atoms with E-state index in [9.17, 15) is 4.79 Å². The Morgan fingerprint density at radius 3 is 2.83 bits per heavy atom. The van der Waals surface area contributed by atoms with Crippen LogP contribution in [0.1, 0.15) is 12.5 Å². The van der Waals surface area contributed by atoms with Gasteiger partial charge in [-0.15, -0.1) is 0 Å². The van der Waals surface area contributed by atoms with E-state index in [1.165, 1.54) is 0 Å². The molecule has 2 aliphatic rings. The Labute approximate surface area is 136 Å². The van der Waals surface area contributed by atoms with Crippen LogP contribution in [0.5, 0.6) is 11.5 Å². The lowest BCUT2D eigenvalue weighted by atomic mass is 10.2. The SMILES string of the molecule is C[C@H]1CN(C(=O)CN(C)Cc2ccc3c(c2)OCCO3)CCO1. The fourth-order valence-corrected chi connectivity index (χ4v) is 2.93. The smallest absolute Gasteiger partial charge is 0.236 e. The van der Waals surface area contributed by atoms with Crippen molar-refractivity contribution in [3.63, 3.8) is 0 Å². The van der Waals surface area contributed by atoms with E-state index in [1.54, 1.807) is 0 Å². The van der Waals surface area contributed by atoms with Crippen molar-refractivity contribution in [3.8, 4) is 11.5 Å². The molecule has 6 nitrogen and oxygen atoms in total. The molecule has 0 N–H and O–H groups in total. The van der Waals surface area contributed by atoms with E-state index in [0.29, 0.717) is 46.0 Å². The summed E-state index contributed by atoms with van der Waals surface area (Å²) in [4.78, 5) is 16.3. The van der Waals surface area contributed by atoms with Crippen LogP contribution in [0.15, 0.2) is 18.2 Å². The average Bonchev–Trinajstić information content (AvgIpc) is 2.54. The largest absolute Gasteiger partial charge is 0.486 e. The van der Waals surface area contributed by atoms with Crippen molar-refractivity contribution in [2.75, 3.05) is 46.5 Å². The number of likely N-dealkylation sites (N-methyl/N-ethyl adjacent to an activating group) is 1. The molecule has 1 aromatic carbocycles. The van der Waals surface area contributed by atoms with Crippen LogP contribution in [0.2, 0.25) is 0 Å². The Morgan fingerprint density at radius 2 is 2.04 bits per heavy atom. The fourth-order valence-electron chi connectivity index (χ4n) is 2.93. The highest BCUT2D eigenvalue weighted by Gasteiger charge is 2.22. The molecule has 126 valence electrons. The molecule has 1 saturated heterocycles. The van der Waals surface area contributed by atoms with Gasteiger partial charge in [0.25, 0.3) is 0 Å². The summed E-state index contributed by atoms with van der Waals surface area (Å²) >= 11 is 0. The van der Waals surface area contributed by atoms with E-state index in [-0.39, 0.29) is 12.0 Å². The van der Waals surface area contributed by atoms with Gasteiger partial charge in [-0.25, -0.2) is 0 Å². The summed E-state index contributed by atoms with van der Waals surface area (Å²) in [6.07, 6.45) is 0.121. The van der Waals surface area contributed by atoms with Crippen molar-refractivity contribution in [2.24, 2.45) is 0 Å². The van der Waals surface area contributed by atoms with Gasteiger partial charge in [0.15, 0.2) is 11.5 Å². The van der Waals surface area contributed by atoms with Crippen molar-refractivity contribution in [2.45, 2.75) is 19.6 Å². The first-order valence-electron chi connectivity index (χ1n) is 8.08. The first kappa shape index (κ1) is 16.1. The number of fused-ring (bicyclic) bond motifs is 1. The second kappa shape index (κ2) is 7.19. The van der Waals surface area contributed by atoms with E-state index >= 15 is 0 Å².